The van der Waals surface area contributed by atoms with E-state index >= 15 is 0 Å². The van der Waals surface area contributed by atoms with Crippen molar-refractivity contribution >= 4 is 23.2 Å². The van der Waals surface area contributed by atoms with E-state index in [1.54, 1.807) is 19.3 Å². The monoisotopic (exact) mass is 469 g/mol. The fourth-order valence-corrected chi connectivity index (χ4v) is 4.08. The summed E-state index contributed by atoms with van der Waals surface area (Å²) in [6.45, 7) is 7.65. The van der Waals surface area contributed by atoms with Crippen LogP contribution in [0.4, 0.5) is 5.82 Å². The first-order chi connectivity index (χ1) is 16.2. The Bertz CT molecular complexity index is 1140. The van der Waals surface area contributed by atoms with E-state index in [1.807, 2.05) is 62.7 Å². The van der Waals surface area contributed by atoms with E-state index in [1.165, 1.54) is 6.33 Å². The number of rotatable bonds is 8. The molecule has 0 spiro atoms. The third-order valence-corrected chi connectivity index (χ3v) is 5.52. The zero-order valence-electron chi connectivity index (χ0n) is 20.3. The van der Waals surface area contributed by atoms with E-state index in [2.05, 4.69) is 20.1 Å². The normalized spacial score (nSPS) is 26.9. The van der Waals surface area contributed by atoms with E-state index in [-0.39, 0.29) is 24.9 Å². The maximum atomic E-state index is 7.14. The lowest BCUT2D eigenvalue weighted by Crippen LogP contribution is -2.32. The summed E-state index contributed by atoms with van der Waals surface area (Å²) in [5.41, 5.74) is 8.38. The van der Waals surface area contributed by atoms with Crippen LogP contribution in [0.5, 0.6) is 0 Å². The molecule has 2 aromatic heterocycles. The van der Waals surface area contributed by atoms with Gasteiger partial charge in [-0.2, -0.15) is 5.11 Å². The number of nitrogens with zero attached hydrogens (tertiary/aromatic N) is 6. The zero-order valence-corrected chi connectivity index (χ0v) is 20.3. The Morgan fingerprint density at radius 2 is 2.06 bits per heavy atom. The number of aromatic nitrogens is 3. The Balaban J connectivity index is 1.61. The number of aliphatic imine (C=N–C) groups is 1. The van der Waals surface area contributed by atoms with Crippen molar-refractivity contribution in [2.75, 3.05) is 20.7 Å². The van der Waals surface area contributed by atoms with Crippen molar-refractivity contribution in [1.29, 1.82) is 5.53 Å². The minimum atomic E-state index is -0.751. The van der Waals surface area contributed by atoms with Gasteiger partial charge in [-0.1, -0.05) is 0 Å². The standard InChI is InChI=1S/C23H31N7O4/c1-7-15(10-14(2)28-24)31-11-17-18-19(34-23(3,4)33-18)22(32-17)30-9-8-16-20(27-13-29(5)6)25-12-26-21(16)30/h7-10,12-13,17-19,22,24H,11H2,1-6H3/b14-10+,15-7?,27-13+,28-24?/t17-,18-,19-,22-/m1/s1. The fourth-order valence-electron chi connectivity index (χ4n) is 4.08. The second kappa shape index (κ2) is 9.61. The number of hydrogen-bond donors (Lipinski definition) is 1. The highest BCUT2D eigenvalue weighted by Gasteiger charge is 2.56. The van der Waals surface area contributed by atoms with Crippen molar-refractivity contribution in [3.63, 3.8) is 0 Å². The summed E-state index contributed by atoms with van der Waals surface area (Å²) in [5.74, 6) is 0.437. The summed E-state index contributed by atoms with van der Waals surface area (Å²) in [5, 5.41) is 4.23. The Kier molecular flexibility index (Phi) is 6.78. The topological polar surface area (TPSA) is 119 Å². The van der Waals surface area contributed by atoms with Crippen molar-refractivity contribution < 1.29 is 18.9 Å². The molecule has 0 bridgehead atoms. The molecule has 2 aliphatic rings. The molecule has 0 saturated carbocycles. The first kappa shape index (κ1) is 24.0. The number of nitrogens with one attached hydrogen (secondary N) is 1. The third kappa shape index (κ3) is 4.86. The van der Waals surface area contributed by atoms with E-state index in [9.17, 15) is 0 Å². The molecule has 182 valence electrons. The molecule has 0 radical (unpaired) electrons. The SMILES string of the molecule is CC=C(/C=C(\C)N=N)OC[C@H]1O[C@@H](n2ccc3c(/N=C/N(C)C)ncnc32)[C@@H]2OC(C)(C)O[C@@H]21. The van der Waals surface area contributed by atoms with Crippen LogP contribution in [0.15, 0.2) is 52.3 Å². The number of allylic oxidation sites excluding steroid dienone is 3. The van der Waals surface area contributed by atoms with Gasteiger partial charge < -0.3 is 28.4 Å². The molecular weight excluding hydrogens is 438 g/mol. The summed E-state index contributed by atoms with van der Waals surface area (Å²) < 4.78 is 26.8. The summed E-state index contributed by atoms with van der Waals surface area (Å²) in [7, 11) is 3.80. The van der Waals surface area contributed by atoms with Crippen LogP contribution in [0.2, 0.25) is 0 Å². The average molecular weight is 470 g/mol. The molecule has 2 aromatic rings. The van der Waals surface area contributed by atoms with Gasteiger partial charge in [-0.3, -0.25) is 0 Å². The molecule has 4 rings (SSSR count). The predicted octanol–water partition coefficient (Wildman–Crippen LogP) is 3.93. The highest BCUT2D eigenvalue weighted by Crippen LogP contribution is 2.44. The average Bonchev–Trinajstić information content (AvgIpc) is 3.45. The minimum absolute atomic E-state index is 0.255. The summed E-state index contributed by atoms with van der Waals surface area (Å²) in [6, 6.07) is 1.93. The molecule has 0 amide bonds. The molecular formula is C23H31N7O4. The lowest BCUT2D eigenvalue weighted by Gasteiger charge is -2.25. The van der Waals surface area contributed by atoms with Gasteiger partial charge in [0.1, 0.15) is 42.7 Å². The lowest BCUT2D eigenvalue weighted by atomic mass is 10.1. The van der Waals surface area contributed by atoms with Crippen LogP contribution in [-0.4, -0.2) is 70.6 Å². The molecule has 11 nitrogen and oxygen atoms in total. The third-order valence-electron chi connectivity index (χ3n) is 5.52. The van der Waals surface area contributed by atoms with Gasteiger partial charge in [0.15, 0.2) is 17.8 Å². The zero-order chi connectivity index (χ0) is 24.5. The van der Waals surface area contributed by atoms with Gasteiger partial charge in [0.2, 0.25) is 0 Å². The van der Waals surface area contributed by atoms with Crippen LogP contribution in [0.25, 0.3) is 11.0 Å². The van der Waals surface area contributed by atoms with Gasteiger partial charge in [0.05, 0.1) is 17.4 Å². The predicted molar refractivity (Wildman–Crippen MR) is 126 cm³/mol. The summed E-state index contributed by atoms with van der Waals surface area (Å²) in [6.07, 6.45) is 7.12. The number of hydrogen-bond acceptors (Lipinski definition) is 9. The van der Waals surface area contributed by atoms with Crippen molar-refractivity contribution in [2.45, 2.75) is 58.0 Å². The first-order valence-electron chi connectivity index (χ1n) is 11.1. The number of ether oxygens (including phenoxy) is 4. The van der Waals surface area contributed by atoms with Crippen LogP contribution in [0.1, 0.15) is 33.9 Å². The molecule has 2 fully saturated rings. The van der Waals surface area contributed by atoms with Crippen LogP contribution in [0, 0.1) is 5.53 Å². The van der Waals surface area contributed by atoms with E-state index in [0.717, 1.165) is 5.39 Å². The van der Waals surface area contributed by atoms with Gasteiger partial charge in [0.25, 0.3) is 0 Å². The van der Waals surface area contributed by atoms with Gasteiger partial charge >= 0.3 is 0 Å². The Morgan fingerprint density at radius 3 is 2.76 bits per heavy atom. The smallest absolute Gasteiger partial charge is 0.166 e. The molecule has 4 atom stereocenters. The van der Waals surface area contributed by atoms with Crippen molar-refractivity contribution in [3.8, 4) is 0 Å². The molecule has 1 N–H and O–H groups in total. The molecule has 11 heteroatoms. The number of fused-ring (bicyclic) bond motifs is 2. The maximum absolute atomic E-state index is 7.14. The molecule has 34 heavy (non-hydrogen) atoms. The molecule has 0 unspecified atom stereocenters. The molecule has 2 saturated heterocycles. The van der Waals surface area contributed by atoms with E-state index in [0.29, 0.717) is 22.9 Å². The quantitative estimate of drug-likeness (QED) is 0.204. The Morgan fingerprint density at radius 1 is 1.29 bits per heavy atom. The van der Waals surface area contributed by atoms with Crippen molar-refractivity contribution in [2.24, 2.45) is 10.1 Å². The largest absolute Gasteiger partial charge is 0.491 e. The highest BCUT2D eigenvalue weighted by molar-refractivity contribution is 5.87. The van der Waals surface area contributed by atoms with Crippen LogP contribution < -0.4 is 0 Å². The highest BCUT2D eigenvalue weighted by atomic mass is 16.8. The second-order valence-electron chi connectivity index (χ2n) is 8.90. The van der Waals surface area contributed by atoms with Crippen LogP contribution in [0.3, 0.4) is 0 Å². The molecule has 0 aliphatic carbocycles. The summed E-state index contributed by atoms with van der Waals surface area (Å²) >= 11 is 0. The lowest BCUT2D eigenvalue weighted by molar-refractivity contribution is -0.200. The van der Waals surface area contributed by atoms with Gasteiger partial charge in [0, 0.05) is 26.4 Å². The first-order valence-corrected chi connectivity index (χ1v) is 11.1. The molecule has 4 heterocycles. The molecule has 2 aliphatic heterocycles. The maximum Gasteiger partial charge on any atom is 0.166 e. The van der Waals surface area contributed by atoms with Gasteiger partial charge in [-0.25, -0.2) is 20.5 Å². The van der Waals surface area contributed by atoms with E-state index < -0.39 is 12.0 Å². The van der Waals surface area contributed by atoms with E-state index in [4.69, 9.17) is 24.5 Å². The van der Waals surface area contributed by atoms with Crippen LogP contribution >= 0.6 is 0 Å². The van der Waals surface area contributed by atoms with Gasteiger partial charge in [-0.05, 0) is 39.8 Å². The molecule has 0 aromatic carbocycles. The van der Waals surface area contributed by atoms with Crippen molar-refractivity contribution in [1.82, 2.24) is 19.4 Å². The van der Waals surface area contributed by atoms with Crippen molar-refractivity contribution in [3.05, 3.63) is 42.2 Å². The Labute approximate surface area is 198 Å². The van der Waals surface area contributed by atoms with Gasteiger partial charge in [-0.15, -0.1) is 0 Å². The summed E-state index contributed by atoms with van der Waals surface area (Å²) in [4.78, 5) is 15.1. The Hall–Kier alpha value is -3.15. The minimum Gasteiger partial charge on any atom is -0.491 e. The second-order valence-corrected chi connectivity index (χ2v) is 8.90. The fraction of sp³-hybridized carbons (Fsp3) is 0.522. The van der Waals surface area contributed by atoms with Crippen LogP contribution in [-0.2, 0) is 18.9 Å².